The van der Waals surface area contributed by atoms with Crippen molar-refractivity contribution in [3.63, 3.8) is 0 Å². The van der Waals surface area contributed by atoms with E-state index in [9.17, 15) is 4.79 Å². The number of carbonyl (C=O) groups excluding carboxylic acids is 1. The highest BCUT2D eigenvalue weighted by molar-refractivity contribution is 6.31. The van der Waals surface area contributed by atoms with Crippen LogP contribution in [0.15, 0.2) is 54.6 Å². The first-order valence-corrected chi connectivity index (χ1v) is 7.18. The molecule has 0 saturated carbocycles. The molecule has 0 amide bonds. The molecule has 110 valence electrons. The summed E-state index contributed by atoms with van der Waals surface area (Å²) in [5.41, 5.74) is 7.78. The van der Waals surface area contributed by atoms with Crippen molar-refractivity contribution in [2.75, 3.05) is 0 Å². The molecule has 21 heavy (non-hydrogen) atoms. The number of nitrogens with two attached hydrogens (primary N) is 1. The molecule has 2 atom stereocenters. The lowest BCUT2D eigenvalue weighted by atomic mass is 9.94. The van der Waals surface area contributed by atoms with Gasteiger partial charge in [0.15, 0.2) is 0 Å². The maximum absolute atomic E-state index is 12.1. The van der Waals surface area contributed by atoms with Crippen molar-refractivity contribution < 1.29 is 9.53 Å². The molecule has 2 aromatic rings. The topological polar surface area (TPSA) is 52.3 Å². The Labute approximate surface area is 129 Å². The number of rotatable bonds is 5. The number of carbonyl (C=O) groups is 1. The van der Waals surface area contributed by atoms with E-state index in [1.807, 2.05) is 55.5 Å². The van der Waals surface area contributed by atoms with Crippen molar-refractivity contribution in [2.45, 2.75) is 25.5 Å². The van der Waals surface area contributed by atoms with Crippen LogP contribution in [0.2, 0.25) is 5.02 Å². The maximum atomic E-state index is 12.1. The molecular weight excluding hydrogens is 286 g/mol. The zero-order chi connectivity index (χ0) is 15.2. The average Bonchev–Trinajstić information content (AvgIpc) is 2.52. The molecule has 0 aliphatic carbocycles. The van der Waals surface area contributed by atoms with Gasteiger partial charge in [-0.15, -0.1) is 0 Å². The molecule has 0 heterocycles. The Morgan fingerprint density at radius 1 is 1.14 bits per heavy atom. The summed E-state index contributed by atoms with van der Waals surface area (Å²) < 4.78 is 5.27. The van der Waals surface area contributed by atoms with Gasteiger partial charge in [-0.3, -0.25) is 4.79 Å². The van der Waals surface area contributed by atoms with E-state index in [1.54, 1.807) is 6.07 Å². The minimum absolute atomic E-state index is 0.207. The second kappa shape index (κ2) is 7.25. The van der Waals surface area contributed by atoms with Crippen LogP contribution in [0.1, 0.15) is 24.0 Å². The van der Waals surface area contributed by atoms with Gasteiger partial charge in [0.1, 0.15) is 12.6 Å². The smallest absolute Gasteiger partial charge is 0.323 e. The highest BCUT2D eigenvalue weighted by atomic mass is 35.5. The third-order valence-corrected chi connectivity index (χ3v) is 3.77. The number of halogens is 1. The maximum Gasteiger partial charge on any atom is 0.323 e. The van der Waals surface area contributed by atoms with Crippen molar-refractivity contribution in [2.24, 2.45) is 5.73 Å². The molecule has 0 radical (unpaired) electrons. The number of hydrogen-bond acceptors (Lipinski definition) is 3. The first kappa shape index (κ1) is 15.5. The summed E-state index contributed by atoms with van der Waals surface area (Å²) in [7, 11) is 0. The molecule has 3 nitrogen and oxygen atoms in total. The SMILES string of the molecule is C[C@H](c1ccccc1Cl)[C@@H](N)C(=O)OCc1ccccc1. The van der Waals surface area contributed by atoms with Gasteiger partial charge in [-0.1, -0.05) is 67.1 Å². The van der Waals surface area contributed by atoms with E-state index in [-0.39, 0.29) is 12.5 Å². The molecule has 4 heteroatoms. The second-order valence-corrected chi connectivity index (χ2v) is 5.34. The zero-order valence-corrected chi connectivity index (χ0v) is 12.6. The highest BCUT2D eigenvalue weighted by Gasteiger charge is 2.25. The normalized spacial score (nSPS) is 13.5. The molecule has 0 bridgehead atoms. The molecule has 0 spiro atoms. The zero-order valence-electron chi connectivity index (χ0n) is 11.8. The van der Waals surface area contributed by atoms with Crippen molar-refractivity contribution in [3.05, 3.63) is 70.7 Å². The Bertz CT molecular complexity index is 601. The summed E-state index contributed by atoms with van der Waals surface area (Å²) in [5, 5.41) is 0.608. The Hall–Kier alpha value is -1.84. The summed E-state index contributed by atoms with van der Waals surface area (Å²) in [4.78, 5) is 12.1. The highest BCUT2D eigenvalue weighted by Crippen LogP contribution is 2.26. The van der Waals surface area contributed by atoms with E-state index >= 15 is 0 Å². The Kier molecular flexibility index (Phi) is 5.37. The number of hydrogen-bond donors (Lipinski definition) is 1. The lowest BCUT2D eigenvalue weighted by molar-refractivity contribution is -0.147. The predicted octanol–water partition coefficient (Wildman–Crippen LogP) is 3.51. The van der Waals surface area contributed by atoms with E-state index in [1.165, 1.54) is 0 Å². The van der Waals surface area contributed by atoms with Gasteiger partial charge in [-0.05, 0) is 17.2 Å². The molecule has 0 aliphatic heterocycles. The van der Waals surface area contributed by atoms with Gasteiger partial charge < -0.3 is 10.5 Å². The van der Waals surface area contributed by atoms with Crippen LogP contribution >= 0.6 is 11.6 Å². The van der Waals surface area contributed by atoms with Gasteiger partial charge >= 0.3 is 5.97 Å². The fourth-order valence-corrected chi connectivity index (χ4v) is 2.37. The molecule has 0 saturated heterocycles. The quantitative estimate of drug-likeness (QED) is 0.860. The van der Waals surface area contributed by atoms with E-state index < -0.39 is 12.0 Å². The van der Waals surface area contributed by atoms with Gasteiger partial charge in [0.05, 0.1) is 0 Å². The first-order chi connectivity index (χ1) is 10.1. The van der Waals surface area contributed by atoms with Crippen LogP contribution in [-0.2, 0) is 16.1 Å². The molecule has 2 aromatic carbocycles. The van der Waals surface area contributed by atoms with Crippen LogP contribution in [0.3, 0.4) is 0 Å². The fourth-order valence-electron chi connectivity index (χ4n) is 2.07. The summed E-state index contributed by atoms with van der Waals surface area (Å²) in [6.07, 6.45) is 0. The first-order valence-electron chi connectivity index (χ1n) is 6.80. The summed E-state index contributed by atoms with van der Waals surface area (Å²) in [6, 6.07) is 16.1. The van der Waals surface area contributed by atoms with Crippen LogP contribution in [0.25, 0.3) is 0 Å². The molecule has 0 unspecified atom stereocenters. The van der Waals surface area contributed by atoms with Gasteiger partial charge in [0, 0.05) is 10.9 Å². The van der Waals surface area contributed by atoms with Crippen molar-refractivity contribution in [1.29, 1.82) is 0 Å². The Morgan fingerprint density at radius 3 is 2.43 bits per heavy atom. The van der Waals surface area contributed by atoms with Crippen molar-refractivity contribution >= 4 is 17.6 Å². The third-order valence-electron chi connectivity index (χ3n) is 3.43. The average molecular weight is 304 g/mol. The van der Waals surface area contributed by atoms with Crippen molar-refractivity contribution in [1.82, 2.24) is 0 Å². The molecule has 0 aromatic heterocycles. The van der Waals surface area contributed by atoms with E-state index in [0.29, 0.717) is 5.02 Å². The van der Waals surface area contributed by atoms with Crippen LogP contribution in [0.4, 0.5) is 0 Å². The minimum atomic E-state index is -0.742. The Morgan fingerprint density at radius 2 is 1.76 bits per heavy atom. The van der Waals surface area contributed by atoms with Gasteiger partial charge in [0.2, 0.25) is 0 Å². The minimum Gasteiger partial charge on any atom is -0.460 e. The van der Waals surface area contributed by atoms with E-state index in [4.69, 9.17) is 22.1 Å². The second-order valence-electron chi connectivity index (χ2n) is 4.93. The summed E-state index contributed by atoms with van der Waals surface area (Å²) >= 11 is 6.13. The number of esters is 1. The van der Waals surface area contributed by atoms with Gasteiger partial charge in [0.25, 0.3) is 0 Å². The van der Waals surface area contributed by atoms with E-state index in [2.05, 4.69) is 0 Å². The third kappa shape index (κ3) is 4.06. The Balaban J connectivity index is 1.97. The lowest BCUT2D eigenvalue weighted by Gasteiger charge is -2.20. The summed E-state index contributed by atoms with van der Waals surface area (Å²) in [5.74, 6) is -0.631. The molecule has 2 rings (SSSR count). The molecule has 2 N–H and O–H groups in total. The van der Waals surface area contributed by atoms with Gasteiger partial charge in [-0.25, -0.2) is 0 Å². The molecular formula is C17H18ClNO2. The number of benzene rings is 2. The van der Waals surface area contributed by atoms with Crippen LogP contribution < -0.4 is 5.73 Å². The van der Waals surface area contributed by atoms with Crippen molar-refractivity contribution in [3.8, 4) is 0 Å². The largest absolute Gasteiger partial charge is 0.460 e. The van der Waals surface area contributed by atoms with Crippen LogP contribution in [-0.4, -0.2) is 12.0 Å². The van der Waals surface area contributed by atoms with Crippen LogP contribution in [0.5, 0.6) is 0 Å². The molecule has 0 aliphatic rings. The summed E-state index contributed by atoms with van der Waals surface area (Å²) in [6.45, 7) is 2.10. The monoisotopic (exact) mass is 303 g/mol. The fraction of sp³-hybridized carbons (Fsp3) is 0.235. The standard InChI is InChI=1S/C17H18ClNO2/c1-12(14-9-5-6-10-15(14)18)16(19)17(20)21-11-13-7-3-2-4-8-13/h2-10,12,16H,11,19H2,1H3/t12-,16-/m1/s1. The van der Waals surface area contributed by atoms with Crippen LogP contribution in [0, 0.1) is 0 Å². The van der Waals surface area contributed by atoms with Gasteiger partial charge in [-0.2, -0.15) is 0 Å². The van der Waals surface area contributed by atoms with E-state index in [0.717, 1.165) is 11.1 Å². The number of ether oxygens (including phenoxy) is 1. The predicted molar refractivity (Wildman–Crippen MR) is 84.1 cm³/mol. The lowest BCUT2D eigenvalue weighted by Crippen LogP contribution is -2.37. The molecule has 0 fully saturated rings.